The molecule has 0 unspecified atom stereocenters. The average Bonchev–Trinajstić information content (AvgIpc) is 3.10. The fraction of sp³-hybridized carbons (Fsp3) is 0.500. The van der Waals surface area contributed by atoms with Crippen LogP contribution in [0.25, 0.3) is 0 Å². The van der Waals surface area contributed by atoms with E-state index in [-0.39, 0.29) is 11.9 Å². The summed E-state index contributed by atoms with van der Waals surface area (Å²) in [5.41, 5.74) is 1.98. The molecule has 1 aromatic heterocycles. The van der Waals surface area contributed by atoms with Crippen molar-refractivity contribution < 1.29 is 4.79 Å². The van der Waals surface area contributed by atoms with Crippen LogP contribution in [0.15, 0.2) is 36.5 Å². The van der Waals surface area contributed by atoms with E-state index in [4.69, 9.17) is 0 Å². The van der Waals surface area contributed by atoms with E-state index in [1.165, 1.54) is 23.5 Å². The second kappa shape index (κ2) is 9.00. The van der Waals surface area contributed by atoms with Gasteiger partial charge in [-0.2, -0.15) is 5.10 Å². The molecule has 0 radical (unpaired) electrons. The second-order valence-corrected chi connectivity index (χ2v) is 9.87. The number of carbonyl (C=O) groups excluding carboxylic acids is 1. The molecule has 1 N–H and O–H groups in total. The minimum absolute atomic E-state index is 0.0843. The van der Waals surface area contributed by atoms with Gasteiger partial charge in [0.2, 0.25) is 0 Å². The molecule has 0 aliphatic carbocycles. The Labute approximate surface area is 164 Å². The predicted molar refractivity (Wildman–Crippen MR) is 113 cm³/mol. The van der Waals surface area contributed by atoms with Crippen LogP contribution in [0.4, 0.5) is 5.82 Å². The standard InChI is InChI=1S/C20H27N3OS2/c1-14(2)13-15(3)23-18(9-10-21-23)22-19(24)16-5-7-17(8-6-16)20-25-11-4-12-26-20/h5-10,14-15,20H,4,11-13H2,1-3H3,(H,22,24)/t15-/m1/s1. The molecule has 3 rings (SSSR count). The molecule has 1 aromatic carbocycles. The maximum atomic E-state index is 12.6. The summed E-state index contributed by atoms with van der Waals surface area (Å²) >= 11 is 3.99. The van der Waals surface area contributed by atoms with Gasteiger partial charge in [-0.1, -0.05) is 26.0 Å². The molecule has 1 aliphatic rings. The molecule has 1 fully saturated rings. The number of benzene rings is 1. The first-order chi connectivity index (χ1) is 12.5. The van der Waals surface area contributed by atoms with Gasteiger partial charge in [0.05, 0.1) is 16.8 Å². The van der Waals surface area contributed by atoms with E-state index in [0.29, 0.717) is 16.1 Å². The lowest BCUT2D eigenvalue weighted by atomic mass is 10.1. The Balaban J connectivity index is 1.66. The number of nitrogens with zero attached hydrogens (tertiary/aromatic N) is 2. The normalized spacial score (nSPS) is 16.6. The third-order valence-electron chi connectivity index (χ3n) is 4.41. The van der Waals surface area contributed by atoms with Crippen LogP contribution in [0.3, 0.4) is 0 Å². The first-order valence-corrected chi connectivity index (χ1v) is 11.3. The van der Waals surface area contributed by atoms with Crippen molar-refractivity contribution in [3.63, 3.8) is 0 Å². The van der Waals surface area contributed by atoms with Gasteiger partial charge >= 0.3 is 0 Å². The molecule has 4 nitrogen and oxygen atoms in total. The molecule has 0 bridgehead atoms. The van der Waals surface area contributed by atoms with Gasteiger partial charge in [-0.05, 0) is 54.9 Å². The highest BCUT2D eigenvalue weighted by Crippen LogP contribution is 2.43. The number of carbonyl (C=O) groups is 1. The lowest BCUT2D eigenvalue weighted by molar-refractivity contribution is 0.102. The molecule has 0 spiro atoms. The number of thioether (sulfide) groups is 2. The van der Waals surface area contributed by atoms with Crippen molar-refractivity contribution >= 4 is 35.2 Å². The van der Waals surface area contributed by atoms with Crippen LogP contribution in [0, 0.1) is 5.92 Å². The van der Waals surface area contributed by atoms with Crippen LogP contribution in [-0.2, 0) is 0 Å². The molecule has 2 aromatic rings. The molecule has 1 amide bonds. The van der Waals surface area contributed by atoms with Gasteiger partial charge in [-0.3, -0.25) is 4.79 Å². The molecule has 1 saturated heterocycles. The van der Waals surface area contributed by atoms with E-state index in [9.17, 15) is 4.79 Å². The van der Waals surface area contributed by atoms with Crippen LogP contribution in [0.1, 0.15) is 60.2 Å². The van der Waals surface area contributed by atoms with Crippen LogP contribution in [0.2, 0.25) is 0 Å². The van der Waals surface area contributed by atoms with Crippen molar-refractivity contribution in [3.8, 4) is 0 Å². The second-order valence-electron chi connectivity index (χ2n) is 7.14. The molecule has 1 atom stereocenters. The summed E-state index contributed by atoms with van der Waals surface area (Å²) in [6, 6.07) is 10.1. The van der Waals surface area contributed by atoms with E-state index < -0.39 is 0 Å². The molecular weight excluding hydrogens is 362 g/mol. The van der Waals surface area contributed by atoms with Crippen molar-refractivity contribution in [1.29, 1.82) is 0 Å². The molecule has 140 valence electrons. The zero-order valence-electron chi connectivity index (χ0n) is 15.6. The number of anilines is 1. The third kappa shape index (κ3) is 4.86. The zero-order valence-corrected chi connectivity index (χ0v) is 17.3. The lowest BCUT2D eigenvalue weighted by Crippen LogP contribution is -2.18. The number of aromatic nitrogens is 2. The van der Waals surface area contributed by atoms with E-state index >= 15 is 0 Å². The number of rotatable bonds is 6. The molecule has 6 heteroatoms. The fourth-order valence-electron chi connectivity index (χ4n) is 3.21. The highest BCUT2D eigenvalue weighted by molar-refractivity contribution is 8.16. The van der Waals surface area contributed by atoms with Gasteiger partial charge in [0.25, 0.3) is 5.91 Å². The third-order valence-corrected chi connectivity index (χ3v) is 7.43. The van der Waals surface area contributed by atoms with Gasteiger partial charge in [0, 0.05) is 11.6 Å². The molecule has 1 aliphatic heterocycles. The largest absolute Gasteiger partial charge is 0.307 e. The van der Waals surface area contributed by atoms with E-state index in [1.807, 2.05) is 46.4 Å². The SMILES string of the molecule is CC(C)C[C@@H](C)n1nccc1NC(=O)c1ccc(C2SCCCS2)cc1. The highest BCUT2D eigenvalue weighted by Gasteiger charge is 2.18. The summed E-state index contributed by atoms with van der Waals surface area (Å²) < 4.78 is 2.40. The van der Waals surface area contributed by atoms with Gasteiger partial charge in [0.1, 0.15) is 5.82 Å². The average molecular weight is 390 g/mol. The van der Waals surface area contributed by atoms with Crippen molar-refractivity contribution in [2.75, 3.05) is 16.8 Å². The maximum Gasteiger partial charge on any atom is 0.256 e. The van der Waals surface area contributed by atoms with Gasteiger partial charge in [-0.25, -0.2) is 4.68 Å². The Bertz CT molecular complexity index is 721. The predicted octanol–water partition coefficient (Wildman–Crippen LogP) is 5.61. The van der Waals surface area contributed by atoms with Crippen LogP contribution >= 0.6 is 23.5 Å². The smallest absolute Gasteiger partial charge is 0.256 e. The number of nitrogens with one attached hydrogen (secondary N) is 1. The topological polar surface area (TPSA) is 46.9 Å². The summed E-state index contributed by atoms with van der Waals surface area (Å²) in [4.78, 5) is 12.6. The molecular formula is C20H27N3OS2. The minimum Gasteiger partial charge on any atom is -0.307 e. The van der Waals surface area contributed by atoms with Crippen molar-refractivity contribution in [2.45, 2.75) is 44.2 Å². The van der Waals surface area contributed by atoms with Crippen molar-refractivity contribution in [1.82, 2.24) is 9.78 Å². The van der Waals surface area contributed by atoms with Crippen LogP contribution in [-0.4, -0.2) is 27.2 Å². The Hall–Kier alpha value is -1.40. The quantitative estimate of drug-likeness (QED) is 0.697. The summed E-state index contributed by atoms with van der Waals surface area (Å²) in [5, 5.41) is 7.40. The fourth-order valence-corrected chi connectivity index (χ4v) is 6.10. The Morgan fingerprint density at radius 1 is 1.19 bits per heavy atom. The van der Waals surface area contributed by atoms with E-state index in [0.717, 1.165) is 12.2 Å². The molecule has 2 heterocycles. The van der Waals surface area contributed by atoms with Gasteiger partial charge in [-0.15, -0.1) is 23.5 Å². The number of hydrogen-bond acceptors (Lipinski definition) is 4. The Morgan fingerprint density at radius 3 is 2.54 bits per heavy atom. The maximum absolute atomic E-state index is 12.6. The number of amides is 1. The Morgan fingerprint density at radius 2 is 1.88 bits per heavy atom. The van der Waals surface area contributed by atoms with Gasteiger partial charge in [0.15, 0.2) is 0 Å². The summed E-state index contributed by atoms with van der Waals surface area (Å²) in [7, 11) is 0. The summed E-state index contributed by atoms with van der Waals surface area (Å²) in [6.45, 7) is 6.53. The van der Waals surface area contributed by atoms with Crippen molar-refractivity contribution in [2.24, 2.45) is 5.92 Å². The first-order valence-electron chi connectivity index (χ1n) is 9.22. The lowest BCUT2D eigenvalue weighted by Gasteiger charge is -2.21. The molecule has 0 saturated carbocycles. The summed E-state index contributed by atoms with van der Waals surface area (Å²) in [5.74, 6) is 3.70. The monoisotopic (exact) mass is 389 g/mol. The summed E-state index contributed by atoms with van der Waals surface area (Å²) in [6.07, 6.45) is 4.05. The van der Waals surface area contributed by atoms with Crippen LogP contribution < -0.4 is 5.32 Å². The highest BCUT2D eigenvalue weighted by atomic mass is 32.2. The van der Waals surface area contributed by atoms with Crippen LogP contribution in [0.5, 0.6) is 0 Å². The minimum atomic E-state index is -0.0843. The first kappa shape index (κ1) is 19.4. The molecule has 26 heavy (non-hydrogen) atoms. The number of hydrogen-bond donors (Lipinski definition) is 1. The van der Waals surface area contributed by atoms with E-state index in [2.05, 4.69) is 43.3 Å². The van der Waals surface area contributed by atoms with Crippen molar-refractivity contribution in [3.05, 3.63) is 47.7 Å². The zero-order chi connectivity index (χ0) is 18.5. The Kier molecular flexibility index (Phi) is 6.70. The van der Waals surface area contributed by atoms with Gasteiger partial charge < -0.3 is 5.32 Å². The van der Waals surface area contributed by atoms with E-state index in [1.54, 1.807) is 6.20 Å².